The summed E-state index contributed by atoms with van der Waals surface area (Å²) in [6.07, 6.45) is 1.22. The SMILES string of the molecule is O=C(O)c1cnn(Cc2ccccc2Cl)c1Cl. The van der Waals surface area contributed by atoms with Crippen LogP contribution in [0.15, 0.2) is 30.5 Å². The fraction of sp³-hybridized carbons (Fsp3) is 0.0909. The highest BCUT2D eigenvalue weighted by Gasteiger charge is 2.15. The lowest BCUT2D eigenvalue weighted by Crippen LogP contribution is -2.03. The predicted molar refractivity (Wildman–Crippen MR) is 64.8 cm³/mol. The van der Waals surface area contributed by atoms with Crippen molar-refractivity contribution in [1.82, 2.24) is 9.78 Å². The molecule has 0 fully saturated rings. The van der Waals surface area contributed by atoms with E-state index >= 15 is 0 Å². The Morgan fingerprint density at radius 1 is 1.35 bits per heavy atom. The van der Waals surface area contributed by atoms with Gasteiger partial charge in [0.05, 0.1) is 12.7 Å². The van der Waals surface area contributed by atoms with Crippen LogP contribution in [-0.2, 0) is 6.54 Å². The fourth-order valence-corrected chi connectivity index (χ4v) is 1.84. The van der Waals surface area contributed by atoms with Crippen molar-refractivity contribution < 1.29 is 9.90 Å². The average Bonchev–Trinajstić information content (AvgIpc) is 2.64. The highest BCUT2D eigenvalue weighted by molar-refractivity contribution is 6.32. The molecule has 1 aromatic carbocycles. The van der Waals surface area contributed by atoms with Gasteiger partial charge in [0.25, 0.3) is 0 Å². The van der Waals surface area contributed by atoms with Crippen LogP contribution in [0, 0.1) is 0 Å². The van der Waals surface area contributed by atoms with Gasteiger partial charge in [-0.15, -0.1) is 0 Å². The molecule has 0 aliphatic rings. The number of hydrogen-bond acceptors (Lipinski definition) is 2. The third-order valence-corrected chi connectivity index (χ3v) is 3.05. The summed E-state index contributed by atoms with van der Waals surface area (Å²) >= 11 is 11.9. The molecule has 0 unspecified atom stereocenters. The van der Waals surface area contributed by atoms with Crippen LogP contribution in [-0.4, -0.2) is 20.9 Å². The van der Waals surface area contributed by atoms with Gasteiger partial charge in [0.1, 0.15) is 10.7 Å². The molecule has 2 aromatic rings. The lowest BCUT2D eigenvalue weighted by molar-refractivity contribution is 0.0697. The van der Waals surface area contributed by atoms with Gasteiger partial charge in [-0.2, -0.15) is 5.10 Å². The molecule has 0 spiro atoms. The average molecular weight is 271 g/mol. The van der Waals surface area contributed by atoms with Gasteiger partial charge in [-0.3, -0.25) is 0 Å². The van der Waals surface area contributed by atoms with Gasteiger partial charge < -0.3 is 5.11 Å². The third kappa shape index (κ3) is 2.43. The van der Waals surface area contributed by atoms with E-state index < -0.39 is 5.97 Å². The summed E-state index contributed by atoms with van der Waals surface area (Å²) in [5.74, 6) is -1.10. The second kappa shape index (κ2) is 4.77. The van der Waals surface area contributed by atoms with Crippen LogP contribution in [0.4, 0.5) is 0 Å². The van der Waals surface area contributed by atoms with Crippen LogP contribution in [0.1, 0.15) is 15.9 Å². The van der Waals surface area contributed by atoms with Crippen molar-refractivity contribution >= 4 is 29.2 Å². The summed E-state index contributed by atoms with van der Waals surface area (Å²) in [7, 11) is 0. The van der Waals surface area contributed by atoms with Crippen molar-refractivity contribution in [3.63, 3.8) is 0 Å². The van der Waals surface area contributed by atoms with Gasteiger partial charge in [-0.25, -0.2) is 9.48 Å². The molecular weight excluding hydrogens is 263 g/mol. The van der Waals surface area contributed by atoms with Crippen molar-refractivity contribution in [2.24, 2.45) is 0 Å². The summed E-state index contributed by atoms with van der Waals surface area (Å²) in [4.78, 5) is 10.8. The first-order chi connectivity index (χ1) is 8.09. The monoisotopic (exact) mass is 270 g/mol. The minimum atomic E-state index is -1.10. The third-order valence-electron chi connectivity index (χ3n) is 2.28. The van der Waals surface area contributed by atoms with E-state index in [1.807, 2.05) is 18.2 Å². The number of benzene rings is 1. The molecule has 0 saturated carbocycles. The van der Waals surface area contributed by atoms with E-state index in [0.717, 1.165) is 5.56 Å². The van der Waals surface area contributed by atoms with Crippen molar-refractivity contribution in [2.75, 3.05) is 0 Å². The van der Waals surface area contributed by atoms with E-state index in [-0.39, 0.29) is 10.7 Å². The Labute approximate surface area is 107 Å². The first-order valence-corrected chi connectivity index (χ1v) is 5.53. The van der Waals surface area contributed by atoms with Gasteiger partial charge in [-0.1, -0.05) is 41.4 Å². The zero-order chi connectivity index (χ0) is 12.4. The van der Waals surface area contributed by atoms with E-state index in [2.05, 4.69) is 5.10 Å². The highest BCUT2D eigenvalue weighted by Crippen LogP contribution is 2.20. The Hall–Kier alpha value is -1.52. The van der Waals surface area contributed by atoms with E-state index in [0.29, 0.717) is 11.6 Å². The first kappa shape index (κ1) is 12.0. The van der Waals surface area contributed by atoms with Gasteiger partial charge in [-0.05, 0) is 11.6 Å². The molecule has 0 amide bonds. The zero-order valence-corrected chi connectivity index (χ0v) is 10.1. The van der Waals surface area contributed by atoms with Crippen LogP contribution in [0.5, 0.6) is 0 Å². The minimum absolute atomic E-state index is 0.0151. The van der Waals surface area contributed by atoms with Crippen molar-refractivity contribution in [3.05, 3.63) is 51.8 Å². The molecule has 0 aliphatic heterocycles. The van der Waals surface area contributed by atoms with Crippen molar-refractivity contribution in [1.29, 1.82) is 0 Å². The fourth-order valence-electron chi connectivity index (χ4n) is 1.41. The Morgan fingerprint density at radius 2 is 2.06 bits per heavy atom. The minimum Gasteiger partial charge on any atom is -0.478 e. The number of aromatic carboxylic acids is 1. The number of carboxylic acid groups (broad SMARTS) is 1. The van der Waals surface area contributed by atoms with E-state index in [1.54, 1.807) is 6.07 Å². The summed E-state index contributed by atoms with van der Waals surface area (Å²) in [5.41, 5.74) is 0.815. The smallest absolute Gasteiger partial charge is 0.340 e. The Bertz CT molecular complexity index is 566. The molecule has 1 aromatic heterocycles. The number of carboxylic acids is 1. The maximum atomic E-state index is 10.8. The van der Waals surface area contributed by atoms with Crippen LogP contribution < -0.4 is 0 Å². The van der Waals surface area contributed by atoms with Gasteiger partial charge in [0.2, 0.25) is 0 Å². The number of carbonyl (C=O) groups is 1. The molecule has 6 heteroatoms. The normalized spacial score (nSPS) is 10.5. The molecule has 0 atom stereocenters. The Morgan fingerprint density at radius 3 is 2.65 bits per heavy atom. The van der Waals surface area contributed by atoms with Gasteiger partial charge in [0.15, 0.2) is 0 Å². The lowest BCUT2D eigenvalue weighted by atomic mass is 10.2. The number of hydrogen-bond donors (Lipinski definition) is 1. The number of aromatic nitrogens is 2. The maximum absolute atomic E-state index is 10.8. The Kier molecular flexibility index (Phi) is 3.36. The summed E-state index contributed by atoms with van der Waals surface area (Å²) in [5, 5.41) is 13.4. The second-order valence-electron chi connectivity index (χ2n) is 3.40. The molecule has 1 heterocycles. The quantitative estimate of drug-likeness (QED) is 0.933. The molecule has 0 saturated heterocycles. The lowest BCUT2D eigenvalue weighted by Gasteiger charge is -2.05. The zero-order valence-electron chi connectivity index (χ0n) is 8.60. The Balaban J connectivity index is 2.31. The van der Waals surface area contributed by atoms with E-state index in [9.17, 15) is 4.79 Å². The molecule has 4 nitrogen and oxygen atoms in total. The molecule has 0 aliphatic carbocycles. The second-order valence-corrected chi connectivity index (χ2v) is 4.17. The van der Waals surface area contributed by atoms with Crippen molar-refractivity contribution in [2.45, 2.75) is 6.54 Å². The first-order valence-electron chi connectivity index (χ1n) is 4.77. The molecule has 17 heavy (non-hydrogen) atoms. The summed E-state index contributed by atoms with van der Waals surface area (Å²) in [6.45, 7) is 0.339. The van der Waals surface area contributed by atoms with Crippen LogP contribution >= 0.6 is 23.2 Å². The molecule has 0 radical (unpaired) electrons. The molecule has 1 N–H and O–H groups in total. The number of nitrogens with zero attached hydrogens (tertiary/aromatic N) is 2. The van der Waals surface area contributed by atoms with Crippen LogP contribution in [0.25, 0.3) is 0 Å². The molecule has 0 bridgehead atoms. The topological polar surface area (TPSA) is 55.1 Å². The molecule has 2 rings (SSSR count). The van der Waals surface area contributed by atoms with Crippen LogP contribution in [0.3, 0.4) is 0 Å². The van der Waals surface area contributed by atoms with E-state index in [4.69, 9.17) is 28.3 Å². The summed E-state index contributed by atoms with van der Waals surface area (Å²) in [6, 6.07) is 7.25. The standard InChI is InChI=1S/C11H8Cl2N2O2/c12-9-4-2-1-3-7(9)6-15-10(13)8(5-14-15)11(16)17/h1-5H,6H2,(H,16,17). The number of rotatable bonds is 3. The molecule has 88 valence electrons. The predicted octanol–water partition coefficient (Wildman–Crippen LogP) is 2.94. The van der Waals surface area contributed by atoms with Gasteiger partial charge >= 0.3 is 5.97 Å². The highest BCUT2D eigenvalue weighted by atomic mass is 35.5. The van der Waals surface area contributed by atoms with Crippen molar-refractivity contribution in [3.8, 4) is 0 Å². The maximum Gasteiger partial charge on any atom is 0.340 e. The van der Waals surface area contributed by atoms with Crippen LogP contribution in [0.2, 0.25) is 10.2 Å². The summed E-state index contributed by atoms with van der Waals surface area (Å²) < 4.78 is 1.40. The van der Waals surface area contributed by atoms with Gasteiger partial charge in [0, 0.05) is 5.02 Å². The largest absolute Gasteiger partial charge is 0.478 e. The van der Waals surface area contributed by atoms with E-state index in [1.165, 1.54) is 10.9 Å². The number of halogens is 2. The molecular formula is C11H8Cl2N2O2.